The highest BCUT2D eigenvalue weighted by molar-refractivity contribution is 5.74. The highest BCUT2D eigenvalue weighted by atomic mass is 19.1. The van der Waals surface area contributed by atoms with Crippen LogP contribution in [0, 0.1) is 23.1 Å². The van der Waals surface area contributed by atoms with Crippen molar-refractivity contribution in [3.05, 3.63) is 64.8 Å². The summed E-state index contributed by atoms with van der Waals surface area (Å²) in [6, 6.07) is 6.45. The third-order valence-electron chi connectivity index (χ3n) is 7.11. The normalized spacial score (nSPS) is 27.8. The van der Waals surface area contributed by atoms with Crippen molar-refractivity contribution < 1.29 is 13.9 Å². The van der Waals surface area contributed by atoms with Crippen LogP contribution in [-0.4, -0.2) is 22.9 Å². The lowest BCUT2D eigenvalue weighted by Crippen LogP contribution is -2.41. The molecule has 1 aromatic carbocycles. The quantitative estimate of drug-likeness (QED) is 0.541. The third kappa shape index (κ3) is 2.78. The number of hydrogen-bond donors (Lipinski definition) is 0. The Hall–Kier alpha value is -2.69. The van der Waals surface area contributed by atoms with Gasteiger partial charge in [0.15, 0.2) is 0 Å². The van der Waals surface area contributed by atoms with E-state index < -0.39 is 0 Å². The SMILES string of the molecule is COC(=O)[C@@H]1CCC=C2C1CCC1=Cc3c(cnn3-c3ccc(F)cc3)C[C@@]12C. The number of benzene rings is 1. The van der Waals surface area contributed by atoms with E-state index in [9.17, 15) is 9.18 Å². The number of hydrogen-bond acceptors (Lipinski definition) is 3. The summed E-state index contributed by atoms with van der Waals surface area (Å²) in [6.45, 7) is 2.31. The molecular formula is C24H25FN2O2. The van der Waals surface area contributed by atoms with Crippen LogP contribution >= 0.6 is 0 Å². The number of carbonyl (C=O) groups is 1. The van der Waals surface area contributed by atoms with Crippen LogP contribution in [0.15, 0.2) is 47.7 Å². The van der Waals surface area contributed by atoms with Gasteiger partial charge >= 0.3 is 5.97 Å². The Morgan fingerprint density at radius 2 is 2.07 bits per heavy atom. The van der Waals surface area contributed by atoms with Gasteiger partial charge < -0.3 is 4.74 Å². The summed E-state index contributed by atoms with van der Waals surface area (Å²) in [5.41, 5.74) is 5.88. The van der Waals surface area contributed by atoms with E-state index in [4.69, 9.17) is 4.74 Å². The molecule has 29 heavy (non-hydrogen) atoms. The monoisotopic (exact) mass is 392 g/mol. The van der Waals surface area contributed by atoms with Gasteiger partial charge in [0, 0.05) is 5.41 Å². The van der Waals surface area contributed by atoms with Crippen LogP contribution in [0.1, 0.15) is 43.9 Å². The molecule has 0 radical (unpaired) electrons. The van der Waals surface area contributed by atoms with Gasteiger partial charge in [0.25, 0.3) is 0 Å². The summed E-state index contributed by atoms with van der Waals surface area (Å²) < 4.78 is 20.3. The van der Waals surface area contributed by atoms with Gasteiger partial charge in [-0.15, -0.1) is 0 Å². The molecule has 0 saturated heterocycles. The lowest BCUT2D eigenvalue weighted by molar-refractivity contribution is -0.147. The standard InChI is InChI=1S/C24H25FN2O2/c1-24-13-15-14-26-27(18-9-7-17(25)8-10-18)22(15)12-16(24)6-11-19-20(23(28)29-2)4-3-5-21(19)24/h5,7-10,12,14,19-20H,3-4,6,11,13H2,1-2H3/t19?,20-,24+/m1/s1. The Kier molecular flexibility index (Phi) is 4.23. The Morgan fingerprint density at radius 1 is 1.28 bits per heavy atom. The summed E-state index contributed by atoms with van der Waals surface area (Å²) in [7, 11) is 1.49. The number of allylic oxidation sites excluding steroid dienone is 3. The van der Waals surface area contributed by atoms with Crippen LogP contribution in [0.2, 0.25) is 0 Å². The van der Waals surface area contributed by atoms with Gasteiger partial charge in [-0.2, -0.15) is 5.10 Å². The Bertz CT molecular complexity index is 1030. The molecule has 150 valence electrons. The second-order valence-corrected chi connectivity index (χ2v) is 8.63. The van der Waals surface area contributed by atoms with Crippen molar-refractivity contribution in [2.24, 2.45) is 17.3 Å². The fourth-order valence-electron chi connectivity index (χ4n) is 5.65. The predicted octanol–water partition coefficient (Wildman–Crippen LogP) is 4.88. The van der Waals surface area contributed by atoms with E-state index in [1.54, 1.807) is 12.1 Å². The average molecular weight is 392 g/mol. The van der Waals surface area contributed by atoms with Crippen molar-refractivity contribution in [3.8, 4) is 5.69 Å². The minimum atomic E-state index is -0.247. The molecule has 4 nitrogen and oxygen atoms in total. The average Bonchev–Trinajstić information content (AvgIpc) is 3.13. The number of rotatable bonds is 2. The molecule has 1 saturated carbocycles. The van der Waals surface area contributed by atoms with Crippen LogP contribution in [0.4, 0.5) is 4.39 Å². The third-order valence-corrected chi connectivity index (χ3v) is 7.11. The predicted molar refractivity (Wildman–Crippen MR) is 109 cm³/mol. The maximum atomic E-state index is 13.3. The zero-order valence-electron chi connectivity index (χ0n) is 16.8. The topological polar surface area (TPSA) is 44.1 Å². The molecule has 3 atom stereocenters. The summed E-state index contributed by atoms with van der Waals surface area (Å²) in [5, 5.41) is 4.60. The number of halogens is 1. The van der Waals surface area contributed by atoms with E-state index in [-0.39, 0.29) is 29.0 Å². The molecule has 3 aliphatic rings. The van der Waals surface area contributed by atoms with Gasteiger partial charge in [-0.25, -0.2) is 9.07 Å². The maximum absolute atomic E-state index is 13.3. The molecule has 0 N–H and O–H groups in total. The van der Waals surface area contributed by atoms with Gasteiger partial charge in [0.2, 0.25) is 0 Å². The number of aromatic nitrogens is 2. The molecule has 1 fully saturated rings. The highest BCUT2D eigenvalue weighted by Gasteiger charge is 2.48. The van der Waals surface area contributed by atoms with Crippen LogP contribution in [0.3, 0.4) is 0 Å². The number of ether oxygens (including phenoxy) is 1. The molecule has 0 spiro atoms. The van der Waals surface area contributed by atoms with Gasteiger partial charge in [-0.05, 0) is 73.9 Å². The number of nitrogens with zero attached hydrogens (tertiary/aromatic N) is 2. The van der Waals surface area contributed by atoms with E-state index >= 15 is 0 Å². The second kappa shape index (κ2) is 6.68. The minimum Gasteiger partial charge on any atom is -0.469 e. The first-order chi connectivity index (χ1) is 14.0. The number of esters is 1. The van der Waals surface area contributed by atoms with E-state index in [2.05, 4.69) is 24.2 Å². The van der Waals surface area contributed by atoms with E-state index in [0.29, 0.717) is 0 Å². The molecule has 2 aromatic rings. The summed E-state index contributed by atoms with van der Waals surface area (Å²) in [6.07, 6.45) is 11.2. The van der Waals surface area contributed by atoms with E-state index in [1.807, 2.05) is 10.9 Å². The summed E-state index contributed by atoms with van der Waals surface area (Å²) >= 11 is 0. The van der Waals surface area contributed by atoms with Crippen molar-refractivity contribution in [3.63, 3.8) is 0 Å². The number of methoxy groups -OCH3 is 1. The zero-order valence-corrected chi connectivity index (χ0v) is 16.8. The van der Waals surface area contributed by atoms with Crippen LogP contribution < -0.4 is 0 Å². The van der Waals surface area contributed by atoms with Crippen LogP contribution in [0.5, 0.6) is 0 Å². The molecule has 1 aromatic heterocycles. The Balaban J connectivity index is 1.54. The maximum Gasteiger partial charge on any atom is 0.309 e. The van der Waals surface area contributed by atoms with Gasteiger partial charge in [0.05, 0.1) is 30.6 Å². The van der Waals surface area contributed by atoms with Crippen molar-refractivity contribution in [1.29, 1.82) is 0 Å². The largest absolute Gasteiger partial charge is 0.469 e. The van der Waals surface area contributed by atoms with Crippen molar-refractivity contribution in [2.75, 3.05) is 7.11 Å². The smallest absolute Gasteiger partial charge is 0.309 e. The van der Waals surface area contributed by atoms with E-state index in [1.165, 1.54) is 36.0 Å². The zero-order chi connectivity index (χ0) is 20.2. The lowest BCUT2D eigenvalue weighted by atomic mass is 9.55. The fourth-order valence-corrected chi connectivity index (χ4v) is 5.65. The first kappa shape index (κ1) is 18.3. The van der Waals surface area contributed by atoms with Crippen LogP contribution in [0.25, 0.3) is 11.8 Å². The number of fused-ring (bicyclic) bond motifs is 4. The molecule has 0 aliphatic heterocycles. The van der Waals surface area contributed by atoms with E-state index in [0.717, 1.165) is 43.5 Å². The molecule has 0 amide bonds. The van der Waals surface area contributed by atoms with Crippen molar-refractivity contribution in [2.45, 2.75) is 39.0 Å². The molecular weight excluding hydrogens is 367 g/mol. The first-order valence-corrected chi connectivity index (χ1v) is 10.3. The Labute approximate surface area is 170 Å². The number of carbonyl (C=O) groups excluding carboxylic acids is 1. The van der Waals surface area contributed by atoms with Gasteiger partial charge in [-0.1, -0.05) is 24.1 Å². The molecule has 5 heteroatoms. The van der Waals surface area contributed by atoms with Gasteiger partial charge in [-0.3, -0.25) is 4.79 Å². The molecule has 1 heterocycles. The summed E-state index contributed by atoms with van der Waals surface area (Å²) in [4.78, 5) is 12.4. The molecule has 5 rings (SSSR count). The molecule has 0 bridgehead atoms. The van der Waals surface area contributed by atoms with Crippen LogP contribution in [-0.2, 0) is 16.0 Å². The molecule has 3 aliphatic carbocycles. The first-order valence-electron chi connectivity index (χ1n) is 10.3. The molecule has 1 unspecified atom stereocenters. The fraction of sp³-hybridized carbons (Fsp3) is 0.417. The highest BCUT2D eigenvalue weighted by Crippen LogP contribution is 2.56. The summed E-state index contributed by atoms with van der Waals surface area (Å²) in [5.74, 6) is -0.0746. The van der Waals surface area contributed by atoms with Crippen molar-refractivity contribution in [1.82, 2.24) is 9.78 Å². The van der Waals surface area contributed by atoms with Gasteiger partial charge in [0.1, 0.15) is 5.82 Å². The lowest BCUT2D eigenvalue weighted by Gasteiger charge is -2.48. The minimum absolute atomic E-state index is 0.0262. The second-order valence-electron chi connectivity index (χ2n) is 8.63. The Morgan fingerprint density at radius 3 is 2.83 bits per heavy atom. The van der Waals surface area contributed by atoms with Crippen molar-refractivity contribution >= 4 is 12.0 Å².